The molecule has 0 bridgehead atoms. The van der Waals surface area contributed by atoms with Crippen LogP contribution in [0.1, 0.15) is 54.4 Å². The fourth-order valence-corrected chi connectivity index (χ4v) is 0.712. The summed E-state index contributed by atoms with van der Waals surface area (Å²) in [4.78, 5) is 10.4. The van der Waals surface area contributed by atoms with Crippen molar-refractivity contribution in [1.82, 2.24) is 0 Å². The maximum absolute atomic E-state index is 5.52. The van der Waals surface area contributed by atoms with Crippen LogP contribution in [0.3, 0.4) is 0 Å². The molecule has 0 fully saturated rings. The Morgan fingerprint density at radius 3 is 1.93 bits per heavy atom. The van der Waals surface area contributed by atoms with Crippen molar-refractivity contribution in [2.75, 3.05) is 6.61 Å². The number of ether oxygens (including phenoxy) is 1. The van der Waals surface area contributed by atoms with Gasteiger partial charge in [0.05, 0.1) is 12.2 Å². The van der Waals surface area contributed by atoms with Crippen LogP contribution in [-0.4, -0.2) is 18.0 Å². The molecular weight excluding hydrogens is 180 g/mol. The fourth-order valence-electron chi connectivity index (χ4n) is 0.712. The summed E-state index contributed by atoms with van der Waals surface area (Å²) in [6.07, 6.45) is 2.17. The molecule has 86 valence electrons. The molecule has 0 aromatic heterocycles. The SMILES string of the molecule is CCCCOC(C)(C)OOC(C)(C)C. The van der Waals surface area contributed by atoms with E-state index < -0.39 is 5.79 Å². The lowest BCUT2D eigenvalue weighted by Gasteiger charge is -2.28. The van der Waals surface area contributed by atoms with Gasteiger partial charge in [-0.3, -0.25) is 0 Å². The summed E-state index contributed by atoms with van der Waals surface area (Å²) in [5.74, 6) is -0.664. The summed E-state index contributed by atoms with van der Waals surface area (Å²) < 4.78 is 5.52. The second-order valence-electron chi connectivity index (χ2n) is 4.88. The highest BCUT2D eigenvalue weighted by Gasteiger charge is 2.23. The maximum Gasteiger partial charge on any atom is 0.195 e. The van der Waals surface area contributed by atoms with Crippen LogP contribution < -0.4 is 0 Å². The first-order valence-electron chi connectivity index (χ1n) is 5.27. The molecule has 0 aliphatic rings. The summed E-state index contributed by atoms with van der Waals surface area (Å²) >= 11 is 0. The smallest absolute Gasteiger partial charge is 0.195 e. The number of unbranched alkanes of at least 4 members (excludes halogenated alkanes) is 1. The summed E-state index contributed by atoms with van der Waals surface area (Å²) in [7, 11) is 0. The van der Waals surface area contributed by atoms with Gasteiger partial charge in [0.2, 0.25) is 0 Å². The van der Waals surface area contributed by atoms with Gasteiger partial charge in [-0.1, -0.05) is 13.3 Å². The zero-order valence-electron chi connectivity index (χ0n) is 10.3. The molecule has 3 heteroatoms. The van der Waals surface area contributed by atoms with Crippen LogP contribution in [0.4, 0.5) is 0 Å². The quantitative estimate of drug-likeness (QED) is 0.287. The molecule has 0 amide bonds. The molecule has 0 heterocycles. The van der Waals surface area contributed by atoms with E-state index >= 15 is 0 Å². The van der Waals surface area contributed by atoms with Crippen molar-refractivity contribution in [3.8, 4) is 0 Å². The Labute approximate surface area is 87.7 Å². The van der Waals surface area contributed by atoms with Gasteiger partial charge in [-0.05, 0) is 41.0 Å². The van der Waals surface area contributed by atoms with E-state index in [2.05, 4.69) is 6.92 Å². The Hall–Kier alpha value is -0.120. The van der Waals surface area contributed by atoms with Crippen molar-refractivity contribution in [1.29, 1.82) is 0 Å². The largest absolute Gasteiger partial charge is 0.348 e. The van der Waals surface area contributed by atoms with Gasteiger partial charge in [0, 0.05) is 0 Å². The summed E-state index contributed by atoms with van der Waals surface area (Å²) in [5.41, 5.74) is -0.300. The molecule has 0 aromatic rings. The highest BCUT2D eigenvalue weighted by atomic mass is 17.2. The van der Waals surface area contributed by atoms with Gasteiger partial charge in [-0.15, -0.1) is 0 Å². The third-order valence-corrected chi connectivity index (χ3v) is 1.44. The Bertz CT molecular complexity index is 147. The third kappa shape index (κ3) is 8.48. The lowest BCUT2D eigenvalue weighted by Crippen LogP contribution is -2.33. The zero-order valence-corrected chi connectivity index (χ0v) is 10.3. The molecule has 0 saturated carbocycles. The predicted molar refractivity (Wildman–Crippen MR) is 56.9 cm³/mol. The highest BCUT2D eigenvalue weighted by molar-refractivity contribution is 4.57. The van der Waals surface area contributed by atoms with E-state index in [0.717, 1.165) is 12.8 Å². The molecule has 0 aliphatic carbocycles. The second kappa shape index (κ2) is 5.69. The number of rotatable bonds is 6. The van der Waals surface area contributed by atoms with Crippen LogP contribution in [0, 0.1) is 0 Å². The first-order valence-corrected chi connectivity index (χ1v) is 5.27. The van der Waals surface area contributed by atoms with E-state index in [9.17, 15) is 0 Å². The Kier molecular flexibility index (Phi) is 5.64. The molecule has 0 aromatic carbocycles. The number of hydrogen-bond acceptors (Lipinski definition) is 3. The van der Waals surface area contributed by atoms with Gasteiger partial charge in [0.1, 0.15) is 0 Å². The molecular formula is C11H24O3. The van der Waals surface area contributed by atoms with Crippen molar-refractivity contribution in [2.24, 2.45) is 0 Å². The van der Waals surface area contributed by atoms with Crippen LogP contribution >= 0.6 is 0 Å². The molecule has 3 nitrogen and oxygen atoms in total. The minimum absolute atomic E-state index is 0.300. The summed E-state index contributed by atoms with van der Waals surface area (Å²) in [6.45, 7) is 12.4. The molecule has 0 rings (SSSR count). The van der Waals surface area contributed by atoms with Crippen LogP contribution in [-0.2, 0) is 14.5 Å². The van der Waals surface area contributed by atoms with E-state index in [0.29, 0.717) is 6.61 Å². The molecule has 14 heavy (non-hydrogen) atoms. The summed E-state index contributed by atoms with van der Waals surface area (Å²) in [6, 6.07) is 0. The van der Waals surface area contributed by atoms with Gasteiger partial charge in [-0.2, -0.15) is 0 Å². The standard InChI is InChI=1S/C11H24O3/c1-7-8-9-12-11(5,6)14-13-10(2,3)4/h7-9H2,1-6H3. The third-order valence-electron chi connectivity index (χ3n) is 1.44. The zero-order chi connectivity index (χ0) is 11.2. The molecule has 0 atom stereocenters. The van der Waals surface area contributed by atoms with E-state index in [1.807, 2.05) is 34.6 Å². The van der Waals surface area contributed by atoms with Gasteiger partial charge in [0.15, 0.2) is 5.79 Å². The van der Waals surface area contributed by atoms with E-state index in [4.69, 9.17) is 14.5 Å². The van der Waals surface area contributed by atoms with Crippen LogP contribution in [0.2, 0.25) is 0 Å². The Morgan fingerprint density at radius 2 is 1.50 bits per heavy atom. The average molecular weight is 204 g/mol. The monoisotopic (exact) mass is 204 g/mol. The van der Waals surface area contributed by atoms with E-state index in [-0.39, 0.29) is 5.60 Å². The predicted octanol–water partition coefficient (Wildman–Crippen LogP) is 3.29. The lowest BCUT2D eigenvalue weighted by atomic mass is 10.2. The van der Waals surface area contributed by atoms with Crippen LogP contribution in [0.15, 0.2) is 0 Å². The first kappa shape index (κ1) is 13.9. The van der Waals surface area contributed by atoms with Gasteiger partial charge in [-0.25, -0.2) is 9.78 Å². The fraction of sp³-hybridized carbons (Fsp3) is 1.00. The lowest BCUT2D eigenvalue weighted by molar-refractivity contribution is -0.449. The maximum atomic E-state index is 5.52. The molecule has 0 saturated heterocycles. The average Bonchev–Trinajstić information content (AvgIpc) is 2.00. The van der Waals surface area contributed by atoms with E-state index in [1.54, 1.807) is 0 Å². The van der Waals surface area contributed by atoms with Crippen LogP contribution in [0.25, 0.3) is 0 Å². The van der Waals surface area contributed by atoms with E-state index in [1.165, 1.54) is 0 Å². The molecule has 0 N–H and O–H groups in total. The van der Waals surface area contributed by atoms with Crippen molar-refractivity contribution in [3.63, 3.8) is 0 Å². The van der Waals surface area contributed by atoms with Gasteiger partial charge < -0.3 is 4.74 Å². The summed E-state index contributed by atoms with van der Waals surface area (Å²) in [5, 5.41) is 0. The molecule has 0 radical (unpaired) electrons. The minimum Gasteiger partial charge on any atom is -0.348 e. The topological polar surface area (TPSA) is 27.7 Å². The Morgan fingerprint density at radius 1 is 0.929 bits per heavy atom. The number of hydrogen-bond donors (Lipinski definition) is 0. The van der Waals surface area contributed by atoms with Crippen LogP contribution in [0.5, 0.6) is 0 Å². The molecule has 0 spiro atoms. The van der Waals surface area contributed by atoms with Crippen molar-refractivity contribution in [3.05, 3.63) is 0 Å². The second-order valence-corrected chi connectivity index (χ2v) is 4.88. The molecule has 0 unspecified atom stereocenters. The van der Waals surface area contributed by atoms with Crippen molar-refractivity contribution < 1.29 is 14.5 Å². The Balaban J connectivity index is 3.72. The van der Waals surface area contributed by atoms with Crippen molar-refractivity contribution >= 4 is 0 Å². The van der Waals surface area contributed by atoms with Gasteiger partial charge in [0.25, 0.3) is 0 Å². The molecule has 0 aliphatic heterocycles. The normalized spacial score (nSPS) is 13.3. The van der Waals surface area contributed by atoms with Gasteiger partial charge >= 0.3 is 0 Å². The highest BCUT2D eigenvalue weighted by Crippen LogP contribution is 2.17. The first-order chi connectivity index (χ1) is 6.27. The van der Waals surface area contributed by atoms with Crippen molar-refractivity contribution in [2.45, 2.75) is 65.8 Å². The minimum atomic E-state index is -0.664.